The highest BCUT2D eigenvalue weighted by atomic mass is 16.5. The number of anilines is 1. The van der Waals surface area contributed by atoms with Crippen LogP contribution in [0.1, 0.15) is 59.8 Å². The number of carbonyl (C=O) groups excluding carboxylic acids is 2. The minimum Gasteiger partial charge on any atom is -0.494 e. The van der Waals surface area contributed by atoms with Crippen molar-refractivity contribution in [1.29, 1.82) is 0 Å². The lowest BCUT2D eigenvalue weighted by molar-refractivity contribution is -0.118. The van der Waals surface area contributed by atoms with E-state index in [0.717, 1.165) is 40.8 Å². The number of nitrogens with zero attached hydrogens (tertiary/aromatic N) is 5. The number of aromatic nitrogens is 3. The largest absolute Gasteiger partial charge is 0.494 e. The second-order valence-electron chi connectivity index (χ2n) is 8.82. The highest BCUT2D eigenvalue weighted by molar-refractivity contribution is 5.99. The van der Waals surface area contributed by atoms with Crippen LogP contribution in [0.5, 0.6) is 5.75 Å². The van der Waals surface area contributed by atoms with Crippen molar-refractivity contribution < 1.29 is 14.3 Å². The SMILES string of the molecule is CCOc1ccc2c(c1)cc(C(=O)N1CCCC1c1nc(C)c3c(n1)N(C)C(=O)CC3)n2C. The van der Waals surface area contributed by atoms with Crippen molar-refractivity contribution in [1.82, 2.24) is 19.4 Å². The van der Waals surface area contributed by atoms with Gasteiger partial charge < -0.3 is 14.2 Å². The normalized spacial score (nSPS) is 18.2. The molecule has 1 unspecified atom stereocenters. The van der Waals surface area contributed by atoms with Gasteiger partial charge in [0.2, 0.25) is 5.91 Å². The molecule has 1 aromatic carbocycles. The number of ether oxygens (including phenoxy) is 1. The number of likely N-dealkylation sites (tertiary alicyclic amines) is 1. The standard InChI is InChI=1S/C25H29N5O3/c1-5-33-17-8-10-19-16(13-17)14-21(28(19)3)25(32)30-12-6-7-20(30)23-26-15(2)18-9-11-22(31)29(4)24(18)27-23/h8,10,13-14,20H,5-7,9,11-12H2,1-4H3. The first-order chi connectivity index (χ1) is 15.9. The van der Waals surface area contributed by atoms with Gasteiger partial charge in [-0.15, -0.1) is 0 Å². The summed E-state index contributed by atoms with van der Waals surface area (Å²) in [6.45, 7) is 5.18. The molecule has 5 rings (SSSR count). The fourth-order valence-corrected chi connectivity index (χ4v) is 5.05. The van der Waals surface area contributed by atoms with Gasteiger partial charge in [-0.3, -0.25) is 14.5 Å². The molecule has 0 N–H and O–H groups in total. The molecule has 0 aliphatic carbocycles. The maximum Gasteiger partial charge on any atom is 0.271 e. The van der Waals surface area contributed by atoms with Crippen LogP contribution in [-0.2, 0) is 18.3 Å². The lowest BCUT2D eigenvalue weighted by atomic mass is 10.0. The van der Waals surface area contributed by atoms with E-state index in [4.69, 9.17) is 14.7 Å². The fraction of sp³-hybridized carbons (Fsp3) is 0.440. The molecule has 3 aromatic rings. The third-order valence-electron chi connectivity index (χ3n) is 6.85. The van der Waals surface area contributed by atoms with Gasteiger partial charge in [0.1, 0.15) is 17.3 Å². The molecule has 33 heavy (non-hydrogen) atoms. The Hall–Kier alpha value is -3.42. The highest BCUT2D eigenvalue weighted by Gasteiger charge is 2.35. The Labute approximate surface area is 193 Å². The lowest BCUT2D eigenvalue weighted by Gasteiger charge is -2.29. The second-order valence-corrected chi connectivity index (χ2v) is 8.82. The van der Waals surface area contributed by atoms with E-state index in [1.54, 1.807) is 11.9 Å². The highest BCUT2D eigenvalue weighted by Crippen LogP contribution is 2.35. The summed E-state index contributed by atoms with van der Waals surface area (Å²) in [6.07, 6.45) is 2.84. The molecular formula is C25H29N5O3. The molecule has 2 aliphatic heterocycles. The Balaban J connectivity index is 1.49. The first-order valence-corrected chi connectivity index (χ1v) is 11.6. The zero-order valence-corrected chi connectivity index (χ0v) is 19.6. The van der Waals surface area contributed by atoms with Gasteiger partial charge in [-0.25, -0.2) is 9.97 Å². The Kier molecular flexibility index (Phi) is 5.31. The molecule has 172 valence electrons. The third-order valence-corrected chi connectivity index (χ3v) is 6.85. The number of carbonyl (C=O) groups is 2. The van der Waals surface area contributed by atoms with Crippen LogP contribution < -0.4 is 9.64 Å². The van der Waals surface area contributed by atoms with E-state index in [0.29, 0.717) is 43.3 Å². The Morgan fingerprint density at radius 1 is 1.18 bits per heavy atom. The third kappa shape index (κ3) is 3.53. The van der Waals surface area contributed by atoms with E-state index >= 15 is 0 Å². The van der Waals surface area contributed by atoms with Gasteiger partial charge in [-0.05, 0) is 57.4 Å². The van der Waals surface area contributed by atoms with Crippen LogP contribution in [0.3, 0.4) is 0 Å². The first-order valence-electron chi connectivity index (χ1n) is 11.6. The lowest BCUT2D eigenvalue weighted by Crippen LogP contribution is -2.35. The van der Waals surface area contributed by atoms with Gasteiger partial charge >= 0.3 is 0 Å². The Bertz CT molecular complexity index is 1260. The minimum atomic E-state index is -0.205. The zero-order chi connectivity index (χ0) is 23.3. The van der Waals surface area contributed by atoms with Crippen molar-refractivity contribution in [2.45, 2.75) is 45.6 Å². The minimum absolute atomic E-state index is 0.0300. The topological polar surface area (TPSA) is 80.6 Å². The molecular weight excluding hydrogens is 418 g/mol. The van der Waals surface area contributed by atoms with Gasteiger partial charge in [-0.1, -0.05) is 0 Å². The number of hydrogen-bond donors (Lipinski definition) is 0. The van der Waals surface area contributed by atoms with Crippen LogP contribution in [0.2, 0.25) is 0 Å². The van der Waals surface area contributed by atoms with Crippen molar-refractivity contribution in [3.8, 4) is 5.75 Å². The molecule has 8 nitrogen and oxygen atoms in total. The average Bonchev–Trinajstić information content (AvgIpc) is 3.41. The fourth-order valence-electron chi connectivity index (χ4n) is 5.05. The summed E-state index contributed by atoms with van der Waals surface area (Å²) in [6, 6.07) is 7.62. The molecule has 0 saturated carbocycles. The van der Waals surface area contributed by atoms with Gasteiger partial charge in [-0.2, -0.15) is 0 Å². The van der Waals surface area contributed by atoms with E-state index in [1.807, 2.05) is 54.6 Å². The molecule has 2 amide bonds. The first kappa shape index (κ1) is 21.4. The predicted molar refractivity (Wildman–Crippen MR) is 126 cm³/mol. The molecule has 2 aromatic heterocycles. The van der Waals surface area contributed by atoms with Crippen LogP contribution in [0, 0.1) is 6.92 Å². The summed E-state index contributed by atoms with van der Waals surface area (Å²) in [5.74, 6) is 2.13. The van der Waals surface area contributed by atoms with Gasteiger partial charge in [0, 0.05) is 49.2 Å². The molecule has 0 radical (unpaired) electrons. The second kappa shape index (κ2) is 8.17. The predicted octanol–water partition coefficient (Wildman–Crippen LogP) is 3.56. The molecule has 8 heteroatoms. The summed E-state index contributed by atoms with van der Waals surface area (Å²) >= 11 is 0. The zero-order valence-electron chi connectivity index (χ0n) is 19.6. The van der Waals surface area contributed by atoms with E-state index in [9.17, 15) is 9.59 Å². The molecule has 4 heterocycles. The van der Waals surface area contributed by atoms with Crippen LogP contribution in [0.25, 0.3) is 10.9 Å². The molecule has 1 saturated heterocycles. The number of hydrogen-bond acceptors (Lipinski definition) is 5. The molecule has 1 fully saturated rings. The van der Waals surface area contributed by atoms with Crippen LogP contribution >= 0.6 is 0 Å². The van der Waals surface area contributed by atoms with E-state index in [-0.39, 0.29) is 17.9 Å². The number of rotatable bonds is 4. The molecule has 0 bridgehead atoms. The quantitative estimate of drug-likeness (QED) is 0.611. The monoisotopic (exact) mass is 447 g/mol. The number of fused-ring (bicyclic) bond motifs is 2. The van der Waals surface area contributed by atoms with Crippen molar-refractivity contribution in [2.24, 2.45) is 7.05 Å². The molecule has 0 spiro atoms. The summed E-state index contributed by atoms with van der Waals surface area (Å²) in [5, 5.41) is 0.976. The summed E-state index contributed by atoms with van der Waals surface area (Å²) < 4.78 is 7.56. The van der Waals surface area contributed by atoms with Crippen molar-refractivity contribution in [2.75, 3.05) is 25.1 Å². The number of amides is 2. The number of benzene rings is 1. The van der Waals surface area contributed by atoms with Crippen LogP contribution in [0.15, 0.2) is 24.3 Å². The van der Waals surface area contributed by atoms with E-state index in [2.05, 4.69) is 0 Å². The van der Waals surface area contributed by atoms with E-state index in [1.165, 1.54) is 0 Å². The van der Waals surface area contributed by atoms with Crippen molar-refractivity contribution >= 4 is 28.5 Å². The van der Waals surface area contributed by atoms with Crippen molar-refractivity contribution in [3.05, 3.63) is 47.0 Å². The Morgan fingerprint density at radius 2 is 2.00 bits per heavy atom. The van der Waals surface area contributed by atoms with Crippen LogP contribution in [0.4, 0.5) is 5.82 Å². The Morgan fingerprint density at radius 3 is 2.79 bits per heavy atom. The molecule has 1 atom stereocenters. The smallest absolute Gasteiger partial charge is 0.271 e. The maximum atomic E-state index is 13.7. The summed E-state index contributed by atoms with van der Waals surface area (Å²) in [7, 11) is 3.68. The van der Waals surface area contributed by atoms with Crippen molar-refractivity contribution in [3.63, 3.8) is 0 Å². The van der Waals surface area contributed by atoms with Gasteiger partial charge in [0.05, 0.1) is 12.6 Å². The number of aryl methyl sites for hydroxylation is 2. The molecule has 2 aliphatic rings. The van der Waals surface area contributed by atoms with Crippen LogP contribution in [-0.4, -0.2) is 51.4 Å². The summed E-state index contributed by atoms with van der Waals surface area (Å²) in [5.41, 5.74) is 3.53. The van der Waals surface area contributed by atoms with E-state index < -0.39 is 0 Å². The maximum absolute atomic E-state index is 13.7. The van der Waals surface area contributed by atoms with Gasteiger partial charge in [0.25, 0.3) is 5.91 Å². The summed E-state index contributed by atoms with van der Waals surface area (Å²) in [4.78, 5) is 39.0. The average molecular weight is 448 g/mol. The van der Waals surface area contributed by atoms with Gasteiger partial charge in [0.15, 0.2) is 5.82 Å².